The van der Waals surface area contributed by atoms with Gasteiger partial charge in [0.15, 0.2) is 0 Å². The minimum atomic E-state index is -3.33. The van der Waals surface area contributed by atoms with Crippen molar-refractivity contribution in [1.29, 1.82) is 0 Å². The molecule has 0 bridgehead atoms. The number of rotatable bonds is 8. The Balaban J connectivity index is 2.20. The molecule has 0 N–H and O–H groups in total. The summed E-state index contributed by atoms with van der Waals surface area (Å²) in [6, 6.07) is 14.9. The van der Waals surface area contributed by atoms with Crippen molar-refractivity contribution in [2.45, 2.75) is 43.0 Å². The molecular formula is C24H27Cl2NO2Sn. The Morgan fingerprint density at radius 1 is 1.03 bits per heavy atom. The van der Waals surface area contributed by atoms with Crippen molar-refractivity contribution in [2.75, 3.05) is 0 Å². The Kier molecular flexibility index (Phi) is 7.70. The maximum atomic E-state index is 13.5. The monoisotopic (exact) mass is 551 g/mol. The van der Waals surface area contributed by atoms with Crippen LogP contribution in [0.2, 0.25) is 13.9 Å². The first-order chi connectivity index (χ1) is 14.3. The average molecular weight is 551 g/mol. The van der Waals surface area contributed by atoms with Crippen molar-refractivity contribution in [2.24, 2.45) is 10.9 Å². The summed E-state index contributed by atoms with van der Waals surface area (Å²) >= 11 is 2.70. The van der Waals surface area contributed by atoms with Crippen LogP contribution in [0.5, 0.6) is 0 Å². The second kappa shape index (κ2) is 9.88. The average Bonchev–Trinajstić information content (AvgIpc) is 3.00. The molecule has 1 aliphatic carbocycles. The number of carbonyl (C=O) groups excluding carboxylic acids is 1. The summed E-state index contributed by atoms with van der Waals surface area (Å²) in [5.41, 5.74) is 3.54. The van der Waals surface area contributed by atoms with E-state index < -0.39 is 17.7 Å². The maximum absolute atomic E-state index is 13.5. The minimum absolute atomic E-state index is 0.0357. The fourth-order valence-corrected chi connectivity index (χ4v) is 8.00. The molecule has 0 spiro atoms. The molecule has 30 heavy (non-hydrogen) atoms. The van der Waals surface area contributed by atoms with Crippen molar-refractivity contribution < 1.29 is 7.87 Å². The molecule has 0 aliphatic heterocycles. The van der Waals surface area contributed by atoms with Gasteiger partial charge in [0.1, 0.15) is 0 Å². The van der Waals surface area contributed by atoms with E-state index in [4.69, 9.17) is 28.6 Å². The van der Waals surface area contributed by atoms with E-state index in [1.807, 2.05) is 36.4 Å². The number of hydrogen-bond acceptors (Lipinski definition) is 3. The molecule has 158 valence electrons. The summed E-state index contributed by atoms with van der Waals surface area (Å²) in [5.74, 6) is 0.910. The van der Waals surface area contributed by atoms with Gasteiger partial charge in [-0.05, 0) is 0 Å². The van der Waals surface area contributed by atoms with Gasteiger partial charge in [0, 0.05) is 0 Å². The second-order valence-corrected chi connectivity index (χ2v) is 22.6. The van der Waals surface area contributed by atoms with Gasteiger partial charge in [0.2, 0.25) is 0 Å². The summed E-state index contributed by atoms with van der Waals surface area (Å²) in [7, 11) is 6.94. The number of aliphatic imine (C=N–C) groups is 1. The third kappa shape index (κ3) is 5.12. The molecule has 0 fully saturated rings. The van der Waals surface area contributed by atoms with E-state index in [1.165, 1.54) is 0 Å². The number of nitrogens with zero attached hydrogens (tertiary/aromatic N) is 1. The summed E-state index contributed by atoms with van der Waals surface area (Å²) in [6.45, 7) is 8.39. The van der Waals surface area contributed by atoms with E-state index in [0.29, 0.717) is 34.3 Å². The summed E-state index contributed by atoms with van der Waals surface area (Å²) < 4.78 is 8.21. The molecule has 0 heterocycles. The molecule has 3 rings (SSSR count). The number of allylic oxidation sites excluding steroid dienone is 1. The van der Waals surface area contributed by atoms with Crippen molar-refractivity contribution in [1.82, 2.24) is 0 Å². The Morgan fingerprint density at radius 3 is 2.20 bits per heavy atom. The number of Topliss-reactive ketones (excluding diaryl/α,β-unsaturated/α-hetero) is 1. The Morgan fingerprint density at radius 2 is 1.63 bits per heavy atom. The SMILES string of the molecule is C[CH2][Sn]([Cl])([CH2]C)[O]C1=C(C(CC(C)C)=Nc2ccc(Cl)cc2)C(=O)c2ccccc21. The van der Waals surface area contributed by atoms with Crippen LogP contribution in [0.15, 0.2) is 59.1 Å². The normalized spacial score (nSPS) is 14.5. The van der Waals surface area contributed by atoms with Crippen LogP contribution in [-0.2, 0) is 3.07 Å². The first-order valence-corrected chi connectivity index (χ1v) is 19.6. The first-order valence-electron chi connectivity index (χ1n) is 10.4. The third-order valence-corrected chi connectivity index (χ3v) is 17.2. The van der Waals surface area contributed by atoms with Crippen LogP contribution in [0.1, 0.15) is 50.0 Å². The van der Waals surface area contributed by atoms with Crippen LogP contribution in [-0.4, -0.2) is 29.2 Å². The zero-order valence-corrected chi connectivity index (χ0v) is 22.2. The van der Waals surface area contributed by atoms with Crippen LogP contribution in [0.4, 0.5) is 5.69 Å². The molecular weight excluding hydrogens is 524 g/mol. The number of halogens is 2. The fraction of sp³-hybridized carbons (Fsp3) is 0.333. The number of benzene rings is 2. The zero-order valence-electron chi connectivity index (χ0n) is 17.8. The zero-order chi connectivity index (χ0) is 21.9. The Labute approximate surface area is 192 Å². The van der Waals surface area contributed by atoms with Gasteiger partial charge in [-0.2, -0.15) is 0 Å². The van der Waals surface area contributed by atoms with E-state index in [0.717, 1.165) is 25.8 Å². The van der Waals surface area contributed by atoms with Crippen LogP contribution < -0.4 is 0 Å². The van der Waals surface area contributed by atoms with Crippen molar-refractivity contribution >= 4 is 61.1 Å². The van der Waals surface area contributed by atoms with Gasteiger partial charge in [-0.3, -0.25) is 0 Å². The van der Waals surface area contributed by atoms with Crippen LogP contribution >= 0.6 is 20.5 Å². The predicted molar refractivity (Wildman–Crippen MR) is 129 cm³/mol. The summed E-state index contributed by atoms with van der Waals surface area (Å²) in [4.78, 5) is 18.3. The van der Waals surface area contributed by atoms with E-state index in [9.17, 15) is 4.79 Å². The molecule has 0 radical (unpaired) electrons. The number of hydrogen-bond donors (Lipinski definition) is 0. The number of fused-ring (bicyclic) bond motifs is 1. The van der Waals surface area contributed by atoms with Crippen LogP contribution in [0, 0.1) is 5.92 Å². The quantitative estimate of drug-likeness (QED) is 0.248. The van der Waals surface area contributed by atoms with Crippen molar-refractivity contribution in [3.05, 3.63) is 70.3 Å². The van der Waals surface area contributed by atoms with Gasteiger partial charge < -0.3 is 0 Å². The van der Waals surface area contributed by atoms with Gasteiger partial charge in [-0.25, -0.2) is 0 Å². The predicted octanol–water partition coefficient (Wildman–Crippen LogP) is 7.80. The molecule has 0 saturated carbocycles. The molecule has 0 amide bonds. The van der Waals surface area contributed by atoms with E-state index in [2.05, 4.69) is 27.7 Å². The van der Waals surface area contributed by atoms with Gasteiger partial charge >= 0.3 is 193 Å². The van der Waals surface area contributed by atoms with Crippen LogP contribution in [0.3, 0.4) is 0 Å². The number of ketones is 1. The molecule has 6 heteroatoms. The van der Waals surface area contributed by atoms with E-state index >= 15 is 0 Å². The van der Waals surface area contributed by atoms with Gasteiger partial charge in [-0.1, -0.05) is 0 Å². The molecule has 2 aromatic carbocycles. The van der Waals surface area contributed by atoms with Crippen molar-refractivity contribution in [3.8, 4) is 0 Å². The molecule has 0 saturated heterocycles. The molecule has 1 aliphatic rings. The fourth-order valence-electron chi connectivity index (χ4n) is 3.46. The second-order valence-electron chi connectivity index (χ2n) is 7.90. The van der Waals surface area contributed by atoms with Gasteiger partial charge in [-0.15, -0.1) is 0 Å². The van der Waals surface area contributed by atoms with Gasteiger partial charge in [0.25, 0.3) is 0 Å². The van der Waals surface area contributed by atoms with Crippen LogP contribution in [0.25, 0.3) is 5.76 Å². The molecule has 0 aromatic heterocycles. The summed E-state index contributed by atoms with van der Waals surface area (Å²) in [5, 5.41) is 0.652. The molecule has 0 atom stereocenters. The van der Waals surface area contributed by atoms with E-state index in [-0.39, 0.29) is 5.78 Å². The standard InChI is InChI=1S/C20H18ClNO2.2C2H5.ClH.Sn/c1-12(2)11-17(22-14-9-7-13(21)8-10-14)18-19(23)15-5-3-4-6-16(15)20(18)24;2*1-2;;/h3-10,12,23H,11H2,1-2H3;2*1H2,2H3;1H;/q;;;;+2/p-2. The third-order valence-electron chi connectivity index (χ3n) is 5.19. The summed E-state index contributed by atoms with van der Waals surface area (Å²) in [6.07, 6.45) is 0.660. The molecule has 3 nitrogen and oxygen atoms in total. The molecule has 0 unspecified atom stereocenters. The Hall–Kier alpha value is -1.30. The van der Waals surface area contributed by atoms with Crippen molar-refractivity contribution in [3.63, 3.8) is 0 Å². The molecule has 2 aromatic rings. The topological polar surface area (TPSA) is 38.7 Å². The van der Waals surface area contributed by atoms with E-state index in [1.54, 1.807) is 12.1 Å². The van der Waals surface area contributed by atoms with Gasteiger partial charge in [0.05, 0.1) is 0 Å². The number of carbonyl (C=O) groups is 1. The Bertz CT molecular complexity index is 993. The first kappa shape index (κ1) is 23.4.